The Balaban J connectivity index is 0.00000264. The average Bonchev–Trinajstić information content (AvgIpc) is 2.53. The highest BCUT2D eigenvalue weighted by molar-refractivity contribution is 5.85. The van der Waals surface area contributed by atoms with Crippen LogP contribution in [0.25, 0.3) is 0 Å². The number of likely N-dealkylation sites (tertiary alicyclic amines) is 1. The van der Waals surface area contributed by atoms with Crippen LogP contribution < -0.4 is 5.73 Å². The van der Waals surface area contributed by atoms with E-state index < -0.39 is 0 Å². The van der Waals surface area contributed by atoms with Gasteiger partial charge in [-0.3, -0.25) is 4.79 Å². The van der Waals surface area contributed by atoms with E-state index >= 15 is 0 Å². The Labute approximate surface area is 144 Å². The van der Waals surface area contributed by atoms with Gasteiger partial charge in [-0.2, -0.15) is 0 Å². The molecule has 2 N–H and O–H groups in total. The Kier molecular flexibility index (Phi) is 8.00. The van der Waals surface area contributed by atoms with E-state index in [1.54, 1.807) is 12.1 Å². The maximum Gasteiger partial charge on any atom is 0.225 e. The second kappa shape index (κ2) is 9.24. The summed E-state index contributed by atoms with van der Waals surface area (Å²) in [5, 5.41) is 0. The number of carbonyl (C=O) groups excluding carboxylic acids is 1. The van der Waals surface area contributed by atoms with Crippen LogP contribution in [0.3, 0.4) is 0 Å². The molecule has 1 aromatic rings. The second-order valence-corrected chi connectivity index (χ2v) is 6.55. The van der Waals surface area contributed by atoms with Crippen molar-refractivity contribution in [3.05, 3.63) is 35.6 Å². The van der Waals surface area contributed by atoms with Crippen molar-refractivity contribution in [3.8, 4) is 0 Å². The van der Waals surface area contributed by atoms with Crippen molar-refractivity contribution >= 4 is 18.3 Å². The molecule has 2 rings (SSSR count). The Morgan fingerprint density at radius 2 is 1.91 bits per heavy atom. The number of piperidine rings is 1. The van der Waals surface area contributed by atoms with Gasteiger partial charge < -0.3 is 10.6 Å². The number of nitrogens with two attached hydrogens (primary N) is 1. The molecule has 5 heteroatoms. The van der Waals surface area contributed by atoms with Crippen LogP contribution in [0, 0.1) is 17.7 Å². The Bertz CT molecular complexity index is 502. The van der Waals surface area contributed by atoms with E-state index in [1.165, 1.54) is 6.07 Å². The predicted octanol–water partition coefficient (Wildman–Crippen LogP) is 3.40. The van der Waals surface area contributed by atoms with Gasteiger partial charge in [-0.25, -0.2) is 4.39 Å². The van der Waals surface area contributed by atoms with E-state index in [-0.39, 0.29) is 36.1 Å². The van der Waals surface area contributed by atoms with Gasteiger partial charge >= 0.3 is 0 Å². The molecule has 0 saturated carbocycles. The third-order valence-corrected chi connectivity index (χ3v) is 4.82. The second-order valence-electron chi connectivity index (χ2n) is 6.55. The summed E-state index contributed by atoms with van der Waals surface area (Å²) in [6, 6.07) is 7.00. The molecule has 0 aliphatic carbocycles. The van der Waals surface area contributed by atoms with Crippen molar-refractivity contribution in [1.29, 1.82) is 0 Å². The number of rotatable bonds is 5. The van der Waals surface area contributed by atoms with Crippen molar-refractivity contribution in [2.45, 2.75) is 45.6 Å². The summed E-state index contributed by atoms with van der Waals surface area (Å²) in [6.45, 7) is 5.59. The van der Waals surface area contributed by atoms with E-state index in [1.807, 2.05) is 24.8 Å². The summed E-state index contributed by atoms with van der Waals surface area (Å²) in [5.41, 5.74) is 6.63. The zero-order valence-electron chi connectivity index (χ0n) is 14.0. The monoisotopic (exact) mass is 342 g/mol. The molecule has 1 heterocycles. The average molecular weight is 343 g/mol. The molecule has 1 saturated heterocycles. The molecule has 1 aromatic carbocycles. The van der Waals surface area contributed by atoms with E-state index in [0.29, 0.717) is 24.3 Å². The lowest BCUT2D eigenvalue weighted by atomic mass is 9.90. The first kappa shape index (κ1) is 19.9. The molecular weight excluding hydrogens is 315 g/mol. The zero-order chi connectivity index (χ0) is 16.1. The maximum atomic E-state index is 13.6. The third-order valence-electron chi connectivity index (χ3n) is 4.82. The Morgan fingerprint density at radius 1 is 1.30 bits per heavy atom. The molecule has 23 heavy (non-hydrogen) atoms. The van der Waals surface area contributed by atoms with Crippen molar-refractivity contribution in [2.75, 3.05) is 13.1 Å². The van der Waals surface area contributed by atoms with Gasteiger partial charge in [0.2, 0.25) is 5.91 Å². The maximum absolute atomic E-state index is 13.6. The normalized spacial score (nSPS) is 18.2. The summed E-state index contributed by atoms with van der Waals surface area (Å²) in [4.78, 5) is 14.4. The zero-order valence-corrected chi connectivity index (χ0v) is 14.8. The highest BCUT2D eigenvalue weighted by atomic mass is 35.5. The van der Waals surface area contributed by atoms with Crippen molar-refractivity contribution in [2.24, 2.45) is 17.6 Å². The minimum Gasteiger partial charge on any atom is -0.342 e. The van der Waals surface area contributed by atoms with Crippen LogP contribution >= 0.6 is 12.4 Å². The van der Waals surface area contributed by atoms with Gasteiger partial charge in [0.25, 0.3) is 0 Å². The molecule has 0 radical (unpaired) electrons. The van der Waals surface area contributed by atoms with Crippen molar-refractivity contribution < 1.29 is 9.18 Å². The minimum atomic E-state index is -0.181. The molecule has 2 atom stereocenters. The summed E-state index contributed by atoms with van der Waals surface area (Å²) in [7, 11) is 0. The minimum absolute atomic E-state index is 0. The molecule has 0 bridgehead atoms. The molecule has 130 valence electrons. The van der Waals surface area contributed by atoms with Crippen molar-refractivity contribution in [3.63, 3.8) is 0 Å². The number of amides is 1. The van der Waals surface area contributed by atoms with Crippen LogP contribution in [-0.4, -0.2) is 29.9 Å². The fourth-order valence-corrected chi connectivity index (χ4v) is 3.15. The van der Waals surface area contributed by atoms with Crippen LogP contribution in [0.2, 0.25) is 0 Å². The van der Waals surface area contributed by atoms with E-state index in [9.17, 15) is 9.18 Å². The van der Waals surface area contributed by atoms with Crippen LogP contribution in [0.4, 0.5) is 4.39 Å². The highest BCUT2D eigenvalue weighted by Crippen LogP contribution is 2.22. The fourth-order valence-electron chi connectivity index (χ4n) is 3.15. The first-order valence-corrected chi connectivity index (χ1v) is 8.26. The number of hydrogen-bond donors (Lipinski definition) is 1. The Hall–Kier alpha value is -1.13. The smallest absolute Gasteiger partial charge is 0.225 e. The lowest BCUT2D eigenvalue weighted by Gasteiger charge is -2.35. The van der Waals surface area contributed by atoms with Gasteiger partial charge in [0, 0.05) is 25.0 Å². The summed E-state index contributed by atoms with van der Waals surface area (Å²) in [5.74, 6) is 0.476. The van der Waals surface area contributed by atoms with Crippen LogP contribution in [0.1, 0.15) is 38.7 Å². The summed E-state index contributed by atoms with van der Waals surface area (Å²) in [6.07, 6.45) is 3.27. The highest BCUT2D eigenvalue weighted by Gasteiger charge is 2.27. The summed E-state index contributed by atoms with van der Waals surface area (Å²) < 4.78 is 13.6. The number of halogens is 2. The molecule has 1 aliphatic heterocycles. The van der Waals surface area contributed by atoms with Crippen LogP contribution in [0.5, 0.6) is 0 Å². The van der Waals surface area contributed by atoms with Gasteiger partial charge in [0.05, 0.1) is 0 Å². The standard InChI is InChI=1S/C18H27FN2O.ClH/c1-13(7-8-16-5-3-4-6-17(16)19)18(22)21-11-9-15(10-12-21)14(2)20;/h3-6,13-15H,7-12,20H2,1-2H3;1H. The van der Waals surface area contributed by atoms with Gasteiger partial charge in [0.15, 0.2) is 0 Å². The molecule has 1 fully saturated rings. The van der Waals surface area contributed by atoms with Crippen molar-refractivity contribution in [1.82, 2.24) is 4.90 Å². The first-order valence-electron chi connectivity index (χ1n) is 8.26. The topological polar surface area (TPSA) is 46.3 Å². The molecule has 1 amide bonds. The number of hydrogen-bond acceptors (Lipinski definition) is 2. The SMILES string of the molecule is CC(CCc1ccccc1F)C(=O)N1CCC(C(C)N)CC1.Cl. The van der Waals surface area contributed by atoms with E-state index in [0.717, 1.165) is 25.9 Å². The number of nitrogens with zero attached hydrogens (tertiary/aromatic N) is 1. The summed E-state index contributed by atoms with van der Waals surface area (Å²) >= 11 is 0. The predicted molar refractivity (Wildman–Crippen MR) is 94.1 cm³/mol. The van der Waals surface area contributed by atoms with Gasteiger partial charge in [-0.1, -0.05) is 25.1 Å². The molecule has 3 nitrogen and oxygen atoms in total. The fraction of sp³-hybridized carbons (Fsp3) is 0.611. The molecule has 2 unspecified atom stereocenters. The number of carbonyl (C=O) groups is 1. The Morgan fingerprint density at radius 3 is 2.48 bits per heavy atom. The lowest BCUT2D eigenvalue weighted by Crippen LogP contribution is -2.44. The van der Waals surface area contributed by atoms with Gasteiger partial charge in [-0.05, 0) is 50.2 Å². The quantitative estimate of drug-likeness (QED) is 0.891. The third kappa shape index (κ3) is 5.47. The molecule has 1 aliphatic rings. The molecule has 0 spiro atoms. The van der Waals surface area contributed by atoms with E-state index in [2.05, 4.69) is 0 Å². The number of aryl methyl sites for hydroxylation is 1. The van der Waals surface area contributed by atoms with Crippen LogP contribution in [0.15, 0.2) is 24.3 Å². The van der Waals surface area contributed by atoms with Gasteiger partial charge in [0.1, 0.15) is 5.82 Å². The van der Waals surface area contributed by atoms with Gasteiger partial charge in [-0.15, -0.1) is 12.4 Å². The first-order chi connectivity index (χ1) is 10.5. The molecular formula is C18H28ClFN2O. The molecule has 0 aromatic heterocycles. The lowest BCUT2D eigenvalue weighted by molar-refractivity contribution is -0.136. The largest absolute Gasteiger partial charge is 0.342 e. The van der Waals surface area contributed by atoms with E-state index in [4.69, 9.17) is 5.73 Å². The number of benzene rings is 1. The van der Waals surface area contributed by atoms with Crippen LogP contribution in [-0.2, 0) is 11.2 Å².